The van der Waals surface area contributed by atoms with Crippen molar-refractivity contribution >= 4 is 44.5 Å². The van der Waals surface area contributed by atoms with Gasteiger partial charge in [0.15, 0.2) is 0 Å². The number of benzene rings is 2. The van der Waals surface area contributed by atoms with Crippen molar-refractivity contribution in [3.8, 4) is 5.75 Å². The fourth-order valence-corrected chi connectivity index (χ4v) is 4.00. The second-order valence-electron chi connectivity index (χ2n) is 5.76. The number of nitrogens with zero attached hydrogens (tertiary/aromatic N) is 3. The summed E-state index contributed by atoms with van der Waals surface area (Å²) in [6.45, 7) is 0. The first kappa shape index (κ1) is 16.4. The van der Waals surface area contributed by atoms with E-state index in [0.717, 1.165) is 21.3 Å². The molecule has 0 bridgehead atoms. The molecule has 7 heteroatoms. The van der Waals surface area contributed by atoms with E-state index >= 15 is 0 Å². The van der Waals surface area contributed by atoms with Crippen molar-refractivity contribution < 1.29 is 9.90 Å². The summed E-state index contributed by atoms with van der Waals surface area (Å²) in [7, 11) is 0. The Morgan fingerprint density at radius 3 is 2.72 bits per heavy atom. The number of rotatable bonds is 2. The van der Waals surface area contributed by atoms with Crippen molar-refractivity contribution in [1.29, 1.82) is 0 Å². The van der Waals surface area contributed by atoms with Crippen LogP contribution in [-0.4, -0.2) is 32.7 Å². The van der Waals surface area contributed by atoms with Gasteiger partial charge in [-0.1, -0.05) is 58.0 Å². The summed E-state index contributed by atoms with van der Waals surface area (Å²) in [6, 6.07) is 15.1. The maximum atomic E-state index is 11.6. The maximum absolute atomic E-state index is 11.6. The van der Waals surface area contributed by atoms with Crippen molar-refractivity contribution in [3.63, 3.8) is 0 Å². The zero-order valence-corrected chi connectivity index (χ0v) is 15.5. The summed E-state index contributed by atoms with van der Waals surface area (Å²) in [5, 5.41) is 16.7. The lowest BCUT2D eigenvalue weighted by Crippen LogP contribution is -2.27. The van der Waals surface area contributed by atoms with Crippen molar-refractivity contribution in [2.45, 2.75) is 12.5 Å². The van der Waals surface area contributed by atoms with E-state index in [9.17, 15) is 9.90 Å². The van der Waals surface area contributed by atoms with Crippen LogP contribution in [0.15, 0.2) is 63.1 Å². The van der Waals surface area contributed by atoms with Crippen LogP contribution >= 0.6 is 27.7 Å². The highest BCUT2D eigenvalue weighted by Crippen LogP contribution is 2.39. The lowest BCUT2D eigenvalue weighted by atomic mass is 9.98. The minimum absolute atomic E-state index is 0.196. The fraction of sp³-hybridized carbons (Fsp3) is 0.167. The molecule has 4 rings (SSSR count). The number of carbonyl (C=O) groups excluding carboxylic acids is 1. The van der Waals surface area contributed by atoms with Crippen LogP contribution in [0, 0.1) is 0 Å². The van der Waals surface area contributed by atoms with Gasteiger partial charge in [0.2, 0.25) is 0 Å². The van der Waals surface area contributed by atoms with Crippen LogP contribution in [0.4, 0.5) is 4.79 Å². The van der Waals surface area contributed by atoms with Gasteiger partial charge in [0.25, 0.3) is 0 Å². The standard InChI is InChI=1S/C18H14BrN3O2S/c19-12-6-7-16(23)13(8-12)15-9-14(11-4-2-1-3-5-11)21-22(15)17-10-25-18(24)20-17/h1-8,15,23H,9-10H2/t15-/m0/s1. The predicted octanol–water partition coefficient (Wildman–Crippen LogP) is 4.57. The van der Waals surface area contributed by atoms with E-state index in [1.54, 1.807) is 17.1 Å². The van der Waals surface area contributed by atoms with Gasteiger partial charge in [-0.05, 0) is 23.8 Å². The molecule has 0 spiro atoms. The summed E-state index contributed by atoms with van der Waals surface area (Å²) in [5.41, 5.74) is 2.70. The Morgan fingerprint density at radius 2 is 2.00 bits per heavy atom. The zero-order chi connectivity index (χ0) is 17.4. The molecule has 1 amide bonds. The number of amidine groups is 1. The van der Waals surface area contributed by atoms with Crippen LogP contribution in [0.1, 0.15) is 23.6 Å². The molecule has 126 valence electrons. The van der Waals surface area contributed by atoms with Crippen LogP contribution in [0.5, 0.6) is 5.75 Å². The highest BCUT2D eigenvalue weighted by atomic mass is 79.9. The Balaban J connectivity index is 1.76. The molecule has 0 aliphatic carbocycles. The van der Waals surface area contributed by atoms with E-state index in [1.165, 1.54) is 11.8 Å². The predicted molar refractivity (Wildman–Crippen MR) is 103 cm³/mol. The molecule has 2 aromatic carbocycles. The first-order chi connectivity index (χ1) is 12.1. The first-order valence-electron chi connectivity index (χ1n) is 7.76. The van der Waals surface area contributed by atoms with Crippen LogP contribution < -0.4 is 0 Å². The lowest BCUT2D eigenvalue weighted by molar-refractivity contribution is 0.267. The normalized spacial score (nSPS) is 20.0. The maximum Gasteiger partial charge on any atom is 0.307 e. The number of hydrogen-bond donors (Lipinski definition) is 1. The van der Waals surface area contributed by atoms with Crippen molar-refractivity contribution in [1.82, 2.24) is 5.01 Å². The van der Waals surface area contributed by atoms with Gasteiger partial charge in [-0.2, -0.15) is 10.1 Å². The van der Waals surface area contributed by atoms with E-state index in [1.807, 2.05) is 36.4 Å². The minimum atomic E-state index is -0.199. The molecule has 2 aliphatic heterocycles. The van der Waals surface area contributed by atoms with Gasteiger partial charge in [-0.15, -0.1) is 0 Å². The third kappa shape index (κ3) is 3.21. The van der Waals surface area contributed by atoms with Gasteiger partial charge in [0, 0.05) is 16.5 Å². The Morgan fingerprint density at radius 1 is 1.20 bits per heavy atom. The lowest BCUT2D eigenvalue weighted by Gasteiger charge is -2.23. The molecular weight excluding hydrogens is 402 g/mol. The second kappa shape index (κ2) is 6.65. The van der Waals surface area contributed by atoms with Crippen LogP contribution in [0.3, 0.4) is 0 Å². The third-order valence-corrected chi connectivity index (χ3v) is 5.41. The van der Waals surface area contributed by atoms with E-state index < -0.39 is 0 Å². The highest BCUT2D eigenvalue weighted by Gasteiger charge is 2.35. The number of phenolic OH excluding ortho intramolecular Hbond substituents is 1. The van der Waals surface area contributed by atoms with E-state index in [-0.39, 0.29) is 17.0 Å². The van der Waals surface area contributed by atoms with Crippen LogP contribution in [0.2, 0.25) is 0 Å². The van der Waals surface area contributed by atoms with E-state index in [0.29, 0.717) is 18.0 Å². The minimum Gasteiger partial charge on any atom is -0.508 e. The number of aliphatic imine (C=N–C) groups is 1. The number of phenols is 1. The third-order valence-electron chi connectivity index (χ3n) is 4.18. The van der Waals surface area contributed by atoms with Crippen LogP contribution in [0.25, 0.3) is 0 Å². The van der Waals surface area contributed by atoms with Crippen molar-refractivity contribution in [2.24, 2.45) is 10.1 Å². The highest BCUT2D eigenvalue weighted by molar-refractivity contribution is 9.10. The van der Waals surface area contributed by atoms with Gasteiger partial charge in [-0.25, -0.2) is 5.01 Å². The molecule has 2 aliphatic rings. The first-order valence-corrected chi connectivity index (χ1v) is 9.54. The quantitative estimate of drug-likeness (QED) is 0.779. The molecule has 0 radical (unpaired) electrons. The number of hydrogen-bond acceptors (Lipinski definition) is 5. The molecule has 25 heavy (non-hydrogen) atoms. The summed E-state index contributed by atoms with van der Waals surface area (Å²) >= 11 is 4.63. The number of thioether (sulfide) groups is 1. The molecule has 2 heterocycles. The van der Waals surface area contributed by atoms with E-state index in [2.05, 4.69) is 20.9 Å². The smallest absolute Gasteiger partial charge is 0.307 e. The molecule has 0 aromatic heterocycles. The number of amides is 1. The largest absolute Gasteiger partial charge is 0.508 e. The van der Waals surface area contributed by atoms with Crippen molar-refractivity contribution in [2.75, 3.05) is 5.75 Å². The topological polar surface area (TPSA) is 65.3 Å². The van der Waals surface area contributed by atoms with Crippen LogP contribution in [-0.2, 0) is 0 Å². The Labute approximate surface area is 157 Å². The molecule has 0 unspecified atom stereocenters. The molecule has 0 saturated heterocycles. The van der Waals surface area contributed by atoms with E-state index in [4.69, 9.17) is 5.10 Å². The Kier molecular flexibility index (Phi) is 4.35. The molecule has 1 atom stereocenters. The van der Waals surface area contributed by atoms with Gasteiger partial charge in [-0.3, -0.25) is 4.79 Å². The average molecular weight is 416 g/mol. The van der Waals surface area contributed by atoms with Gasteiger partial charge < -0.3 is 5.11 Å². The fourth-order valence-electron chi connectivity index (χ4n) is 3.00. The molecular formula is C18H14BrN3O2S. The zero-order valence-electron chi connectivity index (χ0n) is 13.1. The summed E-state index contributed by atoms with van der Waals surface area (Å²) in [4.78, 5) is 15.7. The number of aromatic hydroxyl groups is 1. The van der Waals surface area contributed by atoms with Gasteiger partial charge >= 0.3 is 5.24 Å². The Hall–Kier alpha value is -2.12. The number of hydrazone groups is 1. The molecule has 5 nitrogen and oxygen atoms in total. The van der Waals surface area contributed by atoms with Gasteiger partial charge in [0.05, 0.1) is 17.5 Å². The Bertz CT molecular complexity index is 898. The SMILES string of the molecule is O=C1N=C(N2N=C(c3ccccc3)C[C@H]2c2cc(Br)ccc2O)CS1. The van der Waals surface area contributed by atoms with Gasteiger partial charge in [0.1, 0.15) is 11.6 Å². The molecule has 2 aromatic rings. The molecule has 1 N–H and O–H groups in total. The summed E-state index contributed by atoms with van der Waals surface area (Å²) < 4.78 is 0.882. The monoisotopic (exact) mass is 415 g/mol. The summed E-state index contributed by atoms with van der Waals surface area (Å²) in [5.74, 6) is 1.33. The number of carbonyl (C=O) groups is 1. The summed E-state index contributed by atoms with van der Waals surface area (Å²) in [6.07, 6.45) is 0.631. The second-order valence-corrected chi connectivity index (χ2v) is 7.61. The molecule has 0 fully saturated rings. The average Bonchev–Trinajstić information content (AvgIpc) is 3.24. The molecule has 0 saturated carbocycles. The number of halogens is 1. The van der Waals surface area contributed by atoms with Crippen molar-refractivity contribution in [3.05, 3.63) is 64.1 Å².